The molecule has 11 heteroatoms. The van der Waals surface area contributed by atoms with E-state index in [1.54, 1.807) is 36.8 Å². The first-order valence-electron chi connectivity index (χ1n) is 9.49. The minimum absolute atomic E-state index is 0.0188. The first kappa shape index (κ1) is 21.1. The van der Waals surface area contributed by atoms with Crippen LogP contribution in [0.15, 0.2) is 58.4 Å². The minimum atomic E-state index is -0.462. The molecule has 1 amide bonds. The lowest BCUT2D eigenvalue weighted by Gasteiger charge is -2.00. The number of methoxy groups -OCH3 is 1. The molecule has 0 saturated heterocycles. The maximum Gasteiger partial charge on any atom is 0.270 e. The maximum absolute atomic E-state index is 12.3. The van der Waals surface area contributed by atoms with E-state index in [-0.39, 0.29) is 24.4 Å². The molecule has 0 saturated carbocycles. The number of non-ortho nitro benzene ring substituents is 1. The molecule has 4 aromatic rings. The Labute approximate surface area is 186 Å². The van der Waals surface area contributed by atoms with Crippen LogP contribution in [-0.2, 0) is 11.2 Å². The zero-order valence-corrected chi connectivity index (χ0v) is 17.7. The maximum atomic E-state index is 12.3. The Kier molecular flexibility index (Phi) is 6.17. The minimum Gasteiger partial charge on any atom is -0.497 e. The molecule has 2 heterocycles. The fourth-order valence-electron chi connectivity index (χ4n) is 2.86. The van der Waals surface area contributed by atoms with Crippen molar-refractivity contribution in [2.24, 2.45) is 0 Å². The summed E-state index contributed by atoms with van der Waals surface area (Å²) in [5, 5.41) is 19.7. The number of carbonyl (C=O) groups excluding carboxylic acids is 1. The number of hydrogen-bond donors (Lipinski definition) is 1. The molecule has 4 rings (SSSR count). The molecule has 0 atom stereocenters. The van der Waals surface area contributed by atoms with Gasteiger partial charge in [0.1, 0.15) is 5.75 Å². The molecule has 0 aliphatic carbocycles. The summed E-state index contributed by atoms with van der Waals surface area (Å²) < 4.78 is 10.4. The lowest BCUT2D eigenvalue weighted by molar-refractivity contribution is -0.384. The molecule has 0 unspecified atom stereocenters. The second-order valence-electron chi connectivity index (χ2n) is 6.63. The number of carbonyl (C=O) groups is 1. The Balaban J connectivity index is 1.33. The van der Waals surface area contributed by atoms with Crippen molar-refractivity contribution in [3.05, 3.63) is 69.9 Å². The third-order valence-corrected chi connectivity index (χ3v) is 5.24. The van der Waals surface area contributed by atoms with Gasteiger partial charge in [-0.15, -0.1) is 11.3 Å². The molecule has 10 nitrogen and oxygen atoms in total. The molecule has 0 spiro atoms. The number of thiazole rings is 1. The van der Waals surface area contributed by atoms with Gasteiger partial charge in [0.2, 0.25) is 17.6 Å². The topological polar surface area (TPSA) is 133 Å². The summed E-state index contributed by atoms with van der Waals surface area (Å²) in [7, 11) is 1.59. The number of aromatic nitrogens is 3. The van der Waals surface area contributed by atoms with Gasteiger partial charge < -0.3 is 14.6 Å². The van der Waals surface area contributed by atoms with E-state index in [1.807, 2.05) is 12.1 Å². The van der Waals surface area contributed by atoms with Crippen molar-refractivity contribution in [3.63, 3.8) is 0 Å². The molecule has 2 aromatic heterocycles. The smallest absolute Gasteiger partial charge is 0.270 e. The number of nitrogens with zero attached hydrogens (tertiary/aromatic N) is 4. The molecule has 32 heavy (non-hydrogen) atoms. The molecule has 0 fully saturated rings. The van der Waals surface area contributed by atoms with Crippen molar-refractivity contribution in [2.75, 3.05) is 12.4 Å². The monoisotopic (exact) mass is 451 g/mol. The number of aryl methyl sites for hydroxylation is 1. The van der Waals surface area contributed by atoms with E-state index in [9.17, 15) is 14.9 Å². The van der Waals surface area contributed by atoms with E-state index in [1.165, 1.54) is 23.5 Å². The highest BCUT2D eigenvalue weighted by atomic mass is 32.1. The van der Waals surface area contributed by atoms with Crippen LogP contribution >= 0.6 is 11.3 Å². The SMILES string of the molecule is COc1ccc(-c2noc(CCC(=O)Nc3nc(-c4cccc([N+](=O)[O-])c4)cs3)n2)cc1. The van der Waals surface area contributed by atoms with Gasteiger partial charge in [-0.25, -0.2) is 4.98 Å². The van der Waals surface area contributed by atoms with Crippen LogP contribution in [0.3, 0.4) is 0 Å². The summed E-state index contributed by atoms with van der Waals surface area (Å²) in [6, 6.07) is 13.4. The zero-order valence-electron chi connectivity index (χ0n) is 16.8. The molecule has 1 N–H and O–H groups in total. The number of amides is 1. The van der Waals surface area contributed by atoms with E-state index in [0.717, 1.165) is 11.3 Å². The van der Waals surface area contributed by atoms with Gasteiger partial charge in [0.05, 0.1) is 17.7 Å². The van der Waals surface area contributed by atoms with Gasteiger partial charge in [-0.3, -0.25) is 14.9 Å². The third kappa shape index (κ3) is 4.95. The predicted octanol–water partition coefficient (Wildman–Crippen LogP) is 4.35. The van der Waals surface area contributed by atoms with E-state index in [2.05, 4.69) is 20.4 Å². The van der Waals surface area contributed by atoms with Crippen LogP contribution in [0, 0.1) is 10.1 Å². The first-order valence-corrected chi connectivity index (χ1v) is 10.4. The standard InChI is InChI=1S/C21H17N5O5S/c1-30-16-7-5-13(6-8-16)20-24-19(31-25-20)10-9-18(27)23-21-22-17(12-32-21)14-3-2-4-15(11-14)26(28)29/h2-8,11-12H,9-10H2,1H3,(H,22,23,27). The molecule has 0 bridgehead atoms. The highest BCUT2D eigenvalue weighted by Crippen LogP contribution is 2.27. The number of hydrogen-bond acceptors (Lipinski definition) is 9. The van der Waals surface area contributed by atoms with Gasteiger partial charge in [-0.2, -0.15) is 4.98 Å². The average molecular weight is 451 g/mol. The Bertz CT molecular complexity index is 1250. The Morgan fingerprint density at radius 3 is 2.75 bits per heavy atom. The highest BCUT2D eigenvalue weighted by molar-refractivity contribution is 7.14. The molecule has 162 valence electrons. The fourth-order valence-corrected chi connectivity index (χ4v) is 3.59. The number of anilines is 1. The Hall–Kier alpha value is -4.12. The number of nitrogens with one attached hydrogen (secondary N) is 1. The van der Waals surface area contributed by atoms with Crippen LogP contribution in [0.4, 0.5) is 10.8 Å². The molecule has 0 aliphatic heterocycles. The number of nitro benzene ring substituents is 1. The number of benzene rings is 2. The fraction of sp³-hybridized carbons (Fsp3) is 0.143. The van der Waals surface area contributed by atoms with Gasteiger partial charge in [0.15, 0.2) is 5.13 Å². The van der Waals surface area contributed by atoms with Gasteiger partial charge in [0.25, 0.3) is 5.69 Å². The first-order chi connectivity index (χ1) is 15.5. The second-order valence-corrected chi connectivity index (χ2v) is 7.49. The van der Waals surface area contributed by atoms with Crippen molar-refractivity contribution < 1.29 is 19.0 Å². The van der Waals surface area contributed by atoms with Gasteiger partial charge in [-0.05, 0) is 24.3 Å². The van der Waals surface area contributed by atoms with Gasteiger partial charge in [-0.1, -0.05) is 17.3 Å². The van der Waals surface area contributed by atoms with Crippen molar-refractivity contribution in [2.45, 2.75) is 12.8 Å². The predicted molar refractivity (Wildman–Crippen MR) is 117 cm³/mol. The normalized spacial score (nSPS) is 10.7. The average Bonchev–Trinajstić information content (AvgIpc) is 3.48. The molecule has 0 aliphatic rings. The second kappa shape index (κ2) is 9.35. The lowest BCUT2D eigenvalue weighted by Crippen LogP contribution is -2.12. The quantitative estimate of drug-likeness (QED) is 0.309. The van der Waals surface area contributed by atoms with Crippen molar-refractivity contribution in [3.8, 4) is 28.4 Å². The summed E-state index contributed by atoms with van der Waals surface area (Å²) >= 11 is 1.24. The third-order valence-electron chi connectivity index (χ3n) is 4.49. The van der Waals surface area contributed by atoms with Crippen molar-refractivity contribution in [1.82, 2.24) is 15.1 Å². The molecule has 0 radical (unpaired) electrons. The van der Waals surface area contributed by atoms with Crippen LogP contribution in [0.2, 0.25) is 0 Å². The molecule has 2 aromatic carbocycles. The van der Waals surface area contributed by atoms with Crippen LogP contribution in [0.25, 0.3) is 22.6 Å². The summed E-state index contributed by atoms with van der Waals surface area (Å²) in [6.07, 6.45) is 0.411. The number of rotatable bonds is 8. The number of nitro groups is 1. The van der Waals surface area contributed by atoms with E-state index >= 15 is 0 Å². The largest absolute Gasteiger partial charge is 0.497 e. The Morgan fingerprint density at radius 1 is 1.19 bits per heavy atom. The lowest BCUT2D eigenvalue weighted by atomic mass is 10.1. The van der Waals surface area contributed by atoms with Gasteiger partial charge >= 0.3 is 0 Å². The van der Waals surface area contributed by atoms with Crippen molar-refractivity contribution >= 4 is 28.1 Å². The Morgan fingerprint density at radius 2 is 2.00 bits per heavy atom. The van der Waals surface area contributed by atoms with E-state index < -0.39 is 4.92 Å². The summed E-state index contributed by atoms with van der Waals surface area (Å²) in [4.78, 5) is 31.4. The molecular formula is C21H17N5O5S. The van der Waals surface area contributed by atoms with Gasteiger partial charge in [0, 0.05) is 41.5 Å². The zero-order chi connectivity index (χ0) is 22.5. The van der Waals surface area contributed by atoms with Crippen LogP contribution in [-0.4, -0.2) is 33.1 Å². The van der Waals surface area contributed by atoms with Crippen LogP contribution < -0.4 is 10.1 Å². The number of ether oxygens (including phenoxy) is 1. The van der Waals surface area contributed by atoms with E-state index in [0.29, 0.717) is 28.1 Å². The van der Waals surface area contributed by atoms with Crippen LogP contribution in [0.1, 0.15) is 12.3 Å². The van der Waals surface area contributed by atoms with Crippen LogP contribution in [0.5, 0.6) is 5.75 Å². The van der Waals surface area contributed by atoms with E-state index in [4.69, 9.17) is 9.26 Å². The summed E-state index contributed by atoms with van der Waals surface area (Å²) in [5.74, 6) is 1.26. The summed E-state index contributed by atoms with van der Waals surface area (Å²) in [6.45, 7) is 0. The molecular weight excluding hydrogens is 434 g/mol. The highest BCUT2D eigenvalue weighted by Gasteiger charge is 2.14. The summed E-state index contributed by atoms with van der Waals surface area (Å²) in [5.41, 5.74) is 1.92. The van der Waals surface area contributed by atoms with Crippen molar-refractivity contribution in [1.29, 1.82) is 0 Å².